The minimum absolute atomic E-state index is 0. The first kappa shape index (κ1) is 37.9. The molecule has 0 amide bonds. The number of aryl methyl sites for hydroxylation is 1. The Kier molecular flexibility index (Phi) is 11.6. The standard InChI is InChI=1S/C33H30GeNS.C14H16GeN.Ir/c1-21-9-10-23-11-12-24(18-26(23)17-21)22(2)25-15-16-35-31(19-25)29-8-6-7-28-30-20-27(34(3,4)5)13-14-32(30)36-33(28)29;1-15(2,3)13-9-10-14(16-11-13)12-7-5-4-6-8-12;/h6-7,9-20,22H,1-5H3;4-7,9-11H,1-3H3;/q2*-1;/i22D;;. The first-order valence-electron chi connectivity index (χ1n) is 18.5. The van der Waals surface area contributed by atoms with E-state index in [1.807, 2.05) is 67.1 Å². The predicted octanol–water partition coefficient (Wildman–Crippen LogP) is 12.2. The van der Waals surface area contributed by atoms with Crippen molar-refractivity contribution < 1.29 is 21.5 Å². The van der Waals surface area contributed by atoms with Gasteiger partial charge in [-0.1, -0.05) is 29.8 Å². The second kappa shape index (κ2) is 16.1. The molecule has 0 spiro atoms. The number of nitrogens with zero attached hydrogens (tertiary/aromatic N) is 2. The van der Waals surface area contributed by atoms with Crippen molar-refractivity contribution in [3.05, 3.63) is 156 Å². The van der Waals surface area contributed by atoms with Gasteiger partial charge in [0.05, 0.1) is 0 Å². The molecule has 3 aromatic heterocycles. The fourth-order valence-corrected chi connectivity index (χ4v) is 12.3. The molecule has 0 aliphatic heterocycles. The Balaban J connectivity index is 0.000000246. The predicted molar refractivity (Wildman–Crippen MR) is 232 cm³/mol. The summed E-state index contributed by atoms with van der Waals surface area (Å²) in [6.45, 7) is 4.09. The molecule has 53 heavy (non-hydrogen) atoms. The van der Waals surface area contributed by atoms with Crippen LogP contribution in [0.5, 0.6) is 0 Å². The summed E-state index contributed by atoms with van der Waals surface area (Å²) in [6, 6.07) is 47.1. The van der Waals surface area contributed by atoms with E-state index in [1.165, 1.54) is 45.3 Å². The SMILES string of the molecule is [2H]C(C)(c1ccnc(-c2[c-]ccc3c2sc2cc[c]([Ge]([CH3])([CH3])[CH3])cc23)c1)c1ccc2ccc(C)cc2c1.[CH3][Ge]([CH3])([CH3])[c]1ccc(-c2[c-]cccc2)nc1.[Ir]. The van der Waals surface area contributed by atoms with Gasteiger partial charge in [0.1, 0.15) is 0 Å². The van der Waals surface area contributed by atoms with Crippen molar-refractivity contribution >= 4 is 77.6 Å². The van der Waals surface area contributed by atoms with Crippen molar-refractivity contribution in [2.45, 2.75) is 54.3 Å². The Labute approximate surface area is 339 Å². The van der Waals surface area contributed by atoms with Gasteiger partial charge in [-0.2, -0.15) is 0 Å². The molecular weight excluding hydrogens is 962 g/mol. The Hall–Kier alpha value is -3.38. The molecule has 0 saturated carbocycles. The van der Waals surface area contributed by atoms with Crippen molar-refractivity contribution in [1.82, 2.24) is 9.97 Å². The number of fused-ring (bicyclic) bond motifs is 4. The number of pyridine rings is 2. The molecule has 0 bridgehead atoms. The van der Waals surface area contributed by atoms with Crippen molar-refractivity contribution in [1.29, 1.82) is 0 Å². The third-order valence-corrected chi connectivity index (χ3v) is 19.5. The molecule has 0 aliphatic carbocycles. The van der Waals surface area contributed by atoms with Crippen LogP contribution in [-0.2, 0) is 20.1 Å². The number of hydrogen-bond acceptors (Lipinski definition) is 3. The van der Waals surface area contributed by atoms with Gasteiger partial charge in [0.15, 0.2) is 0 Å². The third kappa shape index (κ3) is 8.79. The maximum absolute atomic E-state index is 9.40. The second-order valence-corrected chi connectivity index (χ2v) is 38.1. The topological polar surface area (TPSA) is 25.8 Å². The van der Waals surface area contributed by atoms with E-state index >= 15 is 0 Å². The van der Waals surface area contributed by atoms with Gasteiger partial charge in [-0.25, -0.2) is 0 Å². The number of hydrogen-bond donors (Lipinski definition) is 0. The number of aromatic nitrogens is 2. The minimum Gasteiger partial charge on any atom is 0 e. The van der Waals surface area contributed by atoms with Crippen LogP contribution in [-0.4, -0.2) is 36.5 Å². The largest absolute Gasteiger partial charge is 0 e. The number of benzene rings is 5. The van der Waals surface area contributed by atoms with Gasteiger partial charge in [-0.15, -0.1) is 0 Å². The molecule has 1 radical (unpaired) electrons. The molecular formula is C47H46Ge2IrN2S-2. The van der Waals surface area contributed by atoms with Crippen LogP contribution in [0.2, 0.25) is 34.5 Å². The van der Waals surface area contributed by atoms with E-state index in [0.29, 0.717) is 0 Å². The van der Waals surface area contributed by atoms with Gasteiger partial charge >= 0.3 is 275 Å². The van der Waals surface area contributed by atoms with Gasteiger partial charge in [-0.3, -0.25) is 0 Å². The molecule has 6 heteroatoms. The van der Waals surface area contributed by atoms with E-state index in [-0.39, 0.29) is 20.1 Å². The summed E-state index contributed by atoms with van der Waals surface area (Å²) in [6.07, 6.45) is 3.88. The Morgan fingerprint density at radius 2 is 1.42 bits per heavy atom. The smallest absolute Gasteiger partial charge is 0 e. The van der Waals surface area contributed by atoms with Crippen LogP contribution < -0.4 is 8.79 Å². The van der Waals surface area contributed by atoms with Crippen LogP contribution in [0, 0.1) is 19.1 Å². The first-order chi connectivity index (χ1) is 25.2. The normalized spacial score (nSPS) is 13.2. The maximum Gasteiger partial charge on any atom is 0 e. The van der Waals surface area contributed by atoms with E-state index in [0.717, 1.165) is 33.6 Å². The zero-order chi connectivity index (χ0) is 37.5. The van der Waals surface area contributed by atoms with E-state index in [2.05, 4.69) is 137 Å². The summed E-state index contributed by atoms with van der Waals surface area (Å²) in [5.41, 5.74) is 7.10. The molecule has 3 heterocycles. The van der Waals surface area contributed by atoms with E-state index in [9.17, 15) is 1.37 Å². The van der Waals surface area contributed by atoms with Gasteiger partial charge in [-0.05, 0) is 17.7 Å². The molecule has 0 N–H and O–H groups in total. The van der Waals surface area contributed by atoms with Crippen LogP contribution in [0.3, 0.4) is 0 Å². The summed E-state index contributed by atoms with van der Waals surface area (Å²) < 4.78 is 14.9. The summed E-state index contributed by atoms with van der Waals surface area (Å²) in [5.74, 6) is 13.6. The van der Waals surface area contributed by atoms with Crippen molar-refractivity contribution in [2.75, 3.05) is 0 Å². The zero-order valence-electron chi connectivity index (χ0n) is 32.8. The zero-order valence-corrected chi connectivity index (χ0v) is 39.2. The molecule has 5 aromatic carbocycles. The summed E-state index contributed by atoms with van der Waals surface area (Å²) in [5, 5.41) is 4.98. The van der Waals surface area contributed by atoms with Gasteiger partial charge in [0, 0.05) is 20.1 Å². The van der Waals surface area contributed by atoms with Gasteiger partial charge < -0.3 is 0 Å². The summed E-state index contributed by atoms with van der Waals surface area (Å²) in [7, 11) is 0. The van der Waals surface area contributed by atoms with E-state index in [1.54, 1.807) is 0 Å². The summed E-state index contributed by atoms with van der Waals surface area (Å²) in [4.78, 5) is 9.29. The Morgan fingerprint density at radius 3 is 2.13 bits per heavy atom. The quantitative estimate of drug-likeness (QED) is 0.123. The monoisotopic (exact) mass is 1010 g/mol. The molecule has 0 aliphatic rings. The van der Waals surface area contributed by atoms with Crippen LogP contribution in [0.1, 0.15) is 30.9 Å². The van der Waals surface area contributed by atoms with Gasteiger partial charge in [0.25, 0.3) is 0 Å². The molecule has 1 unspecified atom stereocenters. The van der Waals surface area contributed by atoms with E-state index < -0.39 is 32.4 Å². The average molecular weight is 1010 g/mol. The van der Waals surface area contributed by atoms with E-state index in [4.69, 9.17) is 4.98 Å². The third-order valence-electron chi connectivity index (χ3n) is 9.79. The number of thiophene rings is 1. The second-order valence-electron chi connectivity index (χ2n) is 15.7. The van der Waals surface area contributed by atoms with Crippen LogP contribution >= 0.6 is 11.3 Å². The van der Waals surface area contributed by atoms with Crippen LogP contribution in [0.15, 0.2) is 128 Å². The first-order valence-corrected chi connectivity index (χ1v) is 33.5. The Morgan fingerprint density at radius 1 is 0.660 bits per heavy atom. The van der Waals surface area contributed by atoms with Crippen molar-refractivity contribution in [3.63, 3.8) is 0 Å². The molecule has 2 nitrogen and oxygen atoms in total. The molecule has 0 fully saturated rings. The molecule has 0 saturated heterocycles. The fourth-order valence-electron chi connectivity index (χ4n) is 6.51. The average Bonchev–Trinajstić information content (AvgIpc) is 3.53. The molecule has 1 atom stereocenters. The molecule has 8 rings (SSSR count). The van der Waals surface area contributed by atoms with Crippen LogP contribution in [0.4, 0.5) is 0 Å². The number of rotatable bonds is 6. The fraction of sp³-hybridized carbons (Fsp3) is 0.191. The van der Waals surface area contributed by atoms with Crippen LogP contribution in [0.25, 0.3) is 53.5 Å². The summed E-state index contributed by atoms with van der Waals surface area (Å²) >= 11 is -1.83. The van der Waals surface area contributed by atoms with Crippen molar-refractivity contribution in [3.8, 4) is 22.5 Å². The van der Waals surface area contributed by atoms with Crippen molar-refractivity contribution in [2.24, 2.45) is 0 Å². The van der Waals surface area contributed by atoms with Gasteiger partial charge in [0.2, 0.25) is 0 Å². The maximum atomic E-state index is 9.40. The minimum atomic E-state index is -1.93. The Bertz CT molecular complexity index is 2570. The molecule has 269 valence electrons. The molecule has 8 aromatic rings.